The standard InChI is InChI=1S/C36H41N3O5S/c1-4-24-37-36(41)34(25-29-12-8-6-9-13-29)38(26-30-14-10-7-11-15-30)35(40)27-39(31-18-16-28(3)17-19-31)45(42,43)33-22-20-32(21-23-33)44-5-2/h6-23,34H,4-5,24-27H2,1-3H3,(H,37,41)/t34-/m0/s1. The molecule has 0 aliphatic heterocycles. The van der Waals surface area contributed by atoms with Gasteiger partial charge < -0.3 is 15.0 Å². The Hall–Kier alpha value is -4.63. The Bertz CT molecular complexity index is 1630. The summed E-state index contributed by atoms with van der Waals surface area (Å²) in [4.78, 5) is 29.7. The fourth-order valence-corrected chi connectivity index (χ4v) is 6.36. The number of benzene rings is 4. The summed E-state index contributed by atoms with van der Waals surface area (Å²) in [6, 6.07) is 31.2. The molecule has 236 valence electrons. The van der Waals surface area contributed by atoms with Crippen molar-refractivity contribution in [1.29, 1.82) is 0 Å². The molecule has 45 heavy (non-hydrogen) atoms. The molecule has 4 aromatic carbocycles. The van der Waals surface area contributed by atoms with E-state index in [1.54, 1.807) is 36.4 Å². The molecular weight excluding hydrogens is 586 g/mol. The molecular formula is C36H41N3O5S. The number of hydrogen-bond donors (Lipinski definition) is 1. The maximum absolute atomic E-state index is 14.4. The van der Waals surface area contributed by atoms with Gasteiger partial charge in [-0.1, -0.05) is 85.3 Å². The summed E-state index contributed by atoms with van der Waals surface area (Å²) < 4.78 is 35.0. The number of nitrogens with one attached hydrogen (secondary N) is 1. The Balaban J connectivity index is 1.76. The number of carbonyl (C=O) groups excluding carboxylic acids is 2. The highest BCUT2D eigenvalue weighted by Crippen LogP contribution is 2.27. The quantitative estimate of drug-likeness (QED) is 0.181. The number of hydrogen-bond acceptors (Lipinski definition) is 5. The molecule has 1 N–H and O–H groups in total. The number of ether oxygens (including phenoxy) is 1. The van der Waals surface area contributed by atoms with Gasteiger partial charge >= 0.3 is 0 Å². The van der Waals surface area contributed by atoms with E-state index in [1.807, 2.05) is 81.4 Å². The van der Waals surface area contributed by atoms with Crippen molar-refractivity contribution in [2.45, 2.75) is 51.1 Å². The molecule has 4 aromatic rings. The Morgan fingerprint density at radius 1 is 0.800 bits per heavy atom. The molecule has 2 amide bonds. The van der Waals surface area contributed by atoms with Crippen LogP contribution in [0.25, 0.3) is 0 Å². The van der Waals surface area contributed by atoms with Gasteiger partial charge in [0, 0.05) is 19.5 Å². The third-order valence-corrected chi connectivity index (χ3v) is 9.13. The van der Waals surface area contributed by atoms with Crippen molar-refractivity contribution in [3.63, 3.8) is 0 Å². The summed E-state index contributed by atoms with van der Waals surface area (Å²) in [5, 5.41) is 2.96. The fourth-order valence-electron chi connectivity index (χ4n) is 4.94. The van der Waals surface area contributed by atoms with Crippen molar-refractivity contribution in [3.05, 3.63) is 126 Å². The van der Waals surface area contributed by atoms with Crippen molar-refractivity contribution < 1.29 is 22.7 Å². The molecule has 0 saturated heterocycles. The van der Waals surface area contributed by atoms with E-state index in [0.717, 1.165) is 27.4 Å². The minimum absolute atomic E-state index is 0.0236. The Morgan fingerprint density at radius 2 is 1.40 bits per heavy atom. The first-order chi connectivity index (χ1) is 21.7. The molecule has 0 fully saturated rings. The molecule has 0 aliphatic carbocycles. The average molecular weight is 628 g/mol. The van der Waals surface area contributed by atoms with E-state index < -0.39 is 28.5 Å². The molecule has 9 heteroatoms. The molecule has 8 nitrogen and oxygen atoms in total. The lowest BCUT2D eigenvalue weighted by Gasteiger charge is -2.34. The molecule has 0 radical (unpaired) electrons. The highest BCUT2D eigenvalue weighted by Gasteiger charge is 2.34. The molecule has 4 rings (SSSR count). The number of nitrogens with zero attached hydrogens (tertiary/aromatic N) is 2. The van der Waals surface area contributed by atoms with E-state index in [1.165, 1.54) is 17.0 Å². The van der Waals surface area contributed by atoms with Crippen LogP contribution >= 0.6 is 0 Å². The number of carbonyl (C=O) groups is 2. The van der Waals surface area contributed by atoms with Crippen LogP contribution in [0, 0.1) is 6.92 Å². The van der Waals surface area contributed by atoms with Crippen LogP contribution < -0.4 is 14.4 Å². The average Bonchev–Trinajstić information content (AvgIpc) is 3.06. The summed E-state index contributed by atoms with van der Waals surface area (Å²) in [6.45, 7) is 6.25. The largest absolute Gasteiger partial charge is 0.494 e. The van der Waals surface area contributed by atoms with Crippen molar-refractivity contribution in [2.75, 3.05) is 24.0 Å². The van der Waals surface area contributed by atoms with Crippen molar-refractivity contribution in [1.82, 2.24) is 10.2 Å². The maximum Gasteiger partial charge on any atom is 0.264 e. The number of rotatable bonds is 15. The minimum Gasteiger partial charge on any atom is -0.494 e. The van der Waals surface area contributed by atoms with Crippen molar-refractivity contribution in [2.24, 2.45) is 0 Å². The van der Waals surface area contributed by atoms with Gasteiger partial charge in [0.2, 0.25) is 11.8 Å². The van der Waals surface area contributed by atoms with E-state index in [9.17, 15) is 18.0 Å². The predicted molar refractivity (Wildman–Crippen MR) is 178 cm³/mol. The van der Waals surface area contributed by atoms with Gasteiger partial charge in [0.25, 0.3) is 10.0 Å². The fraction of sp³-hybridized carbons (Fsp3) is 0.278. The Labute approximate surface area is 266 Å². The van der Waals surface area contributed by atoms with Gasteiger partial charge in [-0.2, -0.15) is 0 Å². The van der Waals surface area contributed by atoms with Gasteiger partial charge in [-0.05, 0) is 67.8 Å². The minimum atomic E-state index is -4.19. The first kappa shape index (κ1) is 33.3. The smallest absolute Gasteiger partial charge is 0.264 e. The Morgan fingerprint density at radius 3 is 1.98 bits per heavy atom. The number of amides is 2. The van der Waals surface area contributed by atoms with Crippen molar-refractivity contribution in [3.8, 4) is 5.75 Å². The van der Waals surface area contributed by atoms with Crippen LogP contribution in [0.4, 0.5) is 5.69 Å². The van der Waals surface area contributed by atoms with Crippen LogP contribution in [0.15, 0.2) is 114 Å². The molecule has 0 bridgehead atoms. The summed E-state index contributed by atoms with van der Waals surface area (Å²) in [6.07, 6.45) is 1.00. The molecule has 1 atom stereocenters. The van der Waals surface area contributed by atoms with E-state index in [2.05, 4.69) is 5.32 Å². The van der Waals surface area contributed by atoms with E-state index in [-0.39, 0.29) is 23.8 Å². The molecule has 0 spiro atoms. The van der Waals surface area contributed by atoms with Gasteiger partial charge in [-0.15, -0.1) is 0 Å². The molecule has 0 aromatic heterocycles. The highest BCUT2D eigenvalue weighted by molar-refractivity contribution is 7.92. The van der Waals surface area contributed by atoms with Crippen molar-refractivity contribution >= 4 is 27.5 Å². The zero-order chi connectivity index (χ0) is 32.2. The lowest BCUT2D eigenvalue weighted by molar-refractivity contribution is -0.140. The molecule has 0 heterocycles. The number of aryl methyl sites for hydroxylation is 1. The topological polar surface area (TPSA) is 96.0 Å². The lowest BCUT2D eigenvalue weighted by Crippen LogP contribution is -2.53. The zero-order valence-corrected chi connectivity index (χ0v) is 26.9. The maximum atomic E-state index is 14.4. The summed E-state index contributed by atoms with van der Waals surface area (Å²) in [5.74, 6) is -0.243. The second-order valence-corrected chi connectivity index (χ2v) is 12.6. The van der Waals surface area contributed by atoms with Crippen LogP contribution in [-0.4, -0.2) is 50.9 Å². The molecule has 0 unspecified atom stereocenters. The third kappa shape index (κ3) is 8.95. The van der Waals surface area contributed by atoms with E-state index in [0.29, 0.717) is 24.6 Å². The zero-order valence-electron chi connectivity index (χ0n) is 26.1. The number of sulfonamides is 1. The van der Waals surface area contributed by atoms with Gasteiger partial charge in [-0.3, -0.25) is 13.9 Å². The van der Waals surface area contributed by atoms with E-state index >= 15 is 0 Å². The first-order valence-corrected chi connectivity index (χ1v) is 16.6. The Kier molecular flexibility index (Phi) is 11.8. The second kappa shape index (κ2) is 15.9. The second-order valence-electron chi connectivity index (χ2n) is 10.8. The van der Waals surface area contributed by atoms with Crippen LogP contribution in [0.1, 0.15) is 37.0 Å². The van der Waals surface area contributed by atoms with Crippen LogP contribution in [0.5, 0.6) is 5.75 Å². The van der Waals surface area contributed by atoms with Gasteiger partial charge in [0.05, 0.1) is 17.2 Å². The van der Waals surface area contributed by atoms with Crippen LogP contribution in [0.3, 0.4) is 0 Å². The van der Waals surface area contributed by atoms with Gasteiger partial charge in [0.1, 0.15) is 18.3 Å². The normalized spacial score (nSPS) is 11.8. The van der Waals surface area contributed by atoms with Crippen LogP contribution in [-0.2, 0) is 32.6 Å². The predicted octanol–water partition coefficient (Wildman–Crippen LogP) is 5.76. The monoisotopic (exact) mass is 627 g/mol. The highest BCUT2D eigenvalue weighted by atomic mass is 32.2. The molecule has 0 saturated carbocycles. The summed E-state index contributed by atoms with van der Waals surface area (Å²) in [7, 11) is -4.19. The first-order valence-electron chi connectivity index (χ1n) is 15.2. The molecule has 0 aliphatic rings. The van der Waals surface area contributed by atoms with Gasteiger partial charge in [0.15, 0.2) is 0 Å². The van der Waals surface area contributed by atoms with Crippen LogP contribution in [0.2, 0.25) is 0 Å². The summed E-state index contributed by atoms with van der Waals surface area (Å²) >= 11 is 0. The lowest BCUT2D eigenvalue weighted by atomic mass is 10.0. The summed E-state index contributed by atoms with van der Waals surface area (Å²) in [5.41, 5.74) is 3.00. The van der Waals surface area contributed by atoms with Gasteiger partial charge in [-0.25, -0.2) is 8.42 Å². The van der Waals surface area contributed by atoms with E-state index in [4.69, 9.17) is 4.74 Å². The third-order valence-electron chi connectivity index (χ3n) is 7.34. The SMILES string of the molecule is CCCNC(=O)[C@H](Cc1ccccc1)N(Cc1ccccc1)C(=O)CN(c1ccc(C)cc1)S(=O)(=O)c1ccc(OCC)cc1. The number of anilines is 1.